The zero-order valence-corrected chi connectivity index (χ0v) is 12.9. The van der Waals surface area contributed by atoms with Crippen LogP contribution in [0.3, 0.4) is 0 Å². The molecule has 0 radical (unpaired) electrons. The fourth-order valence-corrected chi connectivity index (χ4v) is 2.90. The van der Waals surface area contributed by atoms with Crippen molar-refractivity contribution in [2.75, 3.05) is 0 Å². The summed E-state index contributed by atoms with van der Waals surface area (Å²) in [6.07, 6.45) is 1.83. The molecule has 0 aliphatic heterocycles. The average Bonchev–Trinajstić information content (AvgIpc) is 3.15. The van der Waals surface area contributed by atoms with Crippen molar-refractivity contribution >= 4 is 11.8 Å². The highest BCUT2D eigenvalue weighted by molar-refractivity contribution is 7.98. The lowest BCUT2D eigenvalue weighted by Crippen LogP contribution is -2.03. The molecule has 0 atom stereocenters. The third-order valence-electron chi connectivity index (χ3n) is 3.08. The normalized spacial score (nSPS) is 10.8. The standard InChI is InChI=1S/C14H15N7S/c1-3-9-20-11(2)15-17-14(20)22-10-13-16-18-19-21(13)12-7-5-4-6-8-12/h3-8H,1,9-10H2,2H3. The van der Waals surface area contributed by atoms with Gasteiger partial charge in [-0.25, -0.2) is 0 Å². The van der Waals surface area contributed by atoms with E-state index < -0.39 is 0 Å². The van der Waals surface area contributed by atoms with Crippen LogP contribution < -0.4 is 0 Å². The number of thioether (sulfide) groups is 1. The molecule has 3 aromatic rings. The Morgan fingerprint density at radius 3 is 2.77 bits per heavy atom. The maximum Gasteiger partial charge on any atom is 0.191 e. The molecular formula is C14H15N7S. The highest BCUT2D eigenvalue weighted by atomic mass is 32.2. The van der Waals surface area contributed by atoms with E-state index in [9.17, 15) is 0 Å². The number of rotatable bonds is 6. The van der Waals surface area contributed by atoms with Gasteiger partial charge in [0.2, 0.25) is 0 Å². The molecule has 0 aliphatic carbocycles. The molecule has 8 heteroatoms. The minimum absolute atomic E-state index is 0.608. The first kappa shape index (κ1) is 14.5. The Kier molecular flexibility index (Phi) is 4.29. The maximum atomic E-state index is 4.19. The number of tetrazole rings is 1. The summed E-state index contributed by atoms with van der Waals surface area (Å²) in [5.74, 6) is 2.24. The van der Waals surface area contributed by atoms with Crippen molar-refractivity contribution in [3.05, 3.63) is 54.6 Å². The van der Waals surface area contributed by atoms with Crippen LogP contribution >= 0.6 is 11.8 Å². The first-order valence-corrected chi connectivity index (χ1v) is 7.74. The lowest BCUT2D eigenvalue weighted by Gasteiger charge is -2.06. The van der Waals surface area contributed by atoms with Crippen LogP contribution in [0, 0.1) is 6.92 Å². The molecule has 0 spiro atoms. The van der Waals surface area contributed by atoms with Crippen LogP contribution in [-0.4, -0.2) is 35.0 Å². The number of aryl methyl sites for hydroxylation is 1. The second-order valence-corrected chi connectivity index (χ2v) is 5.50. The van der Waals surface area contributed by atoms with Gasteiger partial charge in [0.05, 0.1) is 11.4 Å². The molecule has 0 saturated carbocycles. The maximum absolute atomic E-state index is 4.19. The van der Waals surface area contributed by atoms with Gasteiger partial charge in [-0.05, 0) is 29.5 Å². The molecule has 22 heavy (non-hydrogen) atoms. The number of aromatic nitrogens is 7. The van der Waals surface area contributed by atoms with E-state index >= 15 is 0 Å². The molecule has 0 unspecified atom stereocenters. The molecule has 2 heterocycles. The van der Waals surface area contributed by atoms with E-state index in [1.54, 1.807) is 16.4 Å². The third-order valence-corrected chi connectivity index (χ3v) is 4.04. The van der Waals surface area contributed by atoms with E-state index in [1.807, 2.05) is 47.9 Å². The molecule has 0 N–H and O–H groups in total. The Balaban J connectivity index is 1.78. The summed E-state index contributed by atoms with van der Waals surface area (Å²) in [6.45, 7) is 6.37. The van der Waals surface area contributed by atoms with Gasteiger partial charge < -0.3 is 4.57 Å². The largest absolute Gasteiger partial charge is 0.302 e. The van der Waals surface area contributed by atoms with Gasteiger partial charge in [0, 0.05) is 6.54 Å². The highest BCUT2D eigenvalue weighted by Crippen LogP contribution is 2.21. The van der Waals surface area contributed by atoms with Crippen LogP contribution in [0.1, 0.15) is 11.6 Å². The second kappa shape index (κ2) is 6.52. The molecule has 0 aliphatic rings. The van der Waals surface area contributed by atoms with Crippen molar-refractivity contribution in [1.82, 2.24) is 35.0 Å². The summed E-state index contributed by atoms with van der Waals surface area (Å²) in [6, 6.07) is 9.81. The Bertz CT molecular complexity index is 763. The van der Waals surface area contributed by atoms with Crippen molar-refractivity contribution in [2.45, 2.75) is 24.4 Å². The average molecular weight is 313 g/mol. The van der Waals surface area contributed by atoms with Crippen molar-refractivity contribution in [1.29, 1.82) is 0 Å². The lowest BCUT2D eigenvalue weighted by atomic mass is 10.3. The fourth-order valence-electron chi connectivity index (χ4n) is 2.00. The molecular weight excluding hydrogens is 298 g/mol. The van der Waals surface area contributed by atoms with Crippen LogP contribution in [0.15, 0.2) is 48.1 Å². The number of para-hydroxylation sites is 1. The van der Waals surface area contributed by atoms with Gasteiger partial charge in [-0.15, -0.1) is 21.9 Å². The van der Waals surface area contributed by atoms with Gasteiger partial charge in [0.25, 0.3) is 0 Å². The molecule has 112 valence electrons. The van der Waals surface area contributed by atoms with Gasteiger partial charge in [0.15, 0.2) is 11.0 Å². The zero-order valence-electron chi connectivity index (χ0n) is 12.1. The summed E-state index contributed by atoms with van der Waals surface area (Å²) >= 11 is 1.55. The molecule has 0 bridgehead atoms. The van der Waals surface area contributed by atoms with E-state index in [-0.39, 0.29) is 0 Å². The molecule has 1 aromatic carbocycles. The van der Waals surface area contributed by atoms with Crippen LogP contribution in [0.25, 0.3) is 5.69 Å². The molecule has 0 saturated heterocycles. The van der Waals surface area contributed by atoms with Crippen LogP contribution in [0.2, 0.25) is 0 Å². The highest BCUT2D eigenvalue weighted by Gasteiger charge is 2.12. The second-order valence-electron chi connectivity index (χ2n) is 4.56. The van der Waals surface area contributed by atoms with E-state index in [0.29, 0.717) is 12.3 Å². The van der Waals surface area contributed by atoms with Gasteiger partial charge in [-0.1, -0.05) is 36.0 Å². The lowest BCUT2D eigenvalue weighted by molar-refractivity contribution is 0.702. The summed E-state index contributed by atoms with van der Waals surface area (Å²) < 4.78 is 3.74. The van der Waals surface area contributed by atoms with E-state index in [2.05, 4.69) is 32.3 Å². The number of benzene rings is 1. The number of nitrogens with zero attached hydrogens (tertiary/aromatic N) is 7. The minimum Gasteiger partial charge on any atom is -0.302 e. The summed E-state index contributed by atoms with van der Waals surface area (Å²) in [4.78, 5) is 0. The quantitative estimate of drug-likeness (QED) is 0.512. The smallest absolute Gasteiger partial charge is 0.191 e. The third kappa shape index (κ3) is 2.91. The van der Waals surface area contributed by atoms with Crippen LogP contribution in [0.5, 0.6) is 0 Å². The first-order valence-electron chi connectivity index (χ1n) is 6.76. The molecule has 2 aromatic heterocycles. The summed E-state index contributed by atoms with van der Waals surface area (Å²) in [5.41, 5.74) is 0.937. The summed E-state index contributed by atoms with van der Waals surface area (Å²) in [7, 11) is 0. The van der Waals surface area contributed by atoms with Gasteiger partial charge in [0.1, 0.15) is 5.82 Å². The number of hydrogen-bond donors (Lipinski definition) is 0. The monoisotopic (exact) mass is 313 g/mol. The Hall–Kier alpha value is -2.48. The minimum atomic E-state index is 0.608. The van der Waals surface area contributed by atoms with Crippen LogP contribution in [0.4, 0.5) is 0 Å². The Labute approximate surface area is 132 Å². The van der Waals surface area contributed by atoms with Crippen molar-refractivity contribution in [2.24, 2.45) is 0 Å². The molecule has 0 amide bonds. The predicted molar refractivity (Wildman–Crippen MR) is 83.7 cm³/mol. The van der Waals surface area contributed by atoms with Gasteiger partial charge in [-0.3, -0.25) is 0 Å². The topological polar surface area (TPSA) is 74.3 Å². The van der Waals surface area contributed by atoms with Gasteiger partial charge >= 0.3 is 0 Å². The van der Waals surface area contributed by atoms with E-state index in [0.717, 1.165) is 22.5 Å². The zero-order chi connectivity index (χ0) is 15.4. The van der Waals surface area contributed by atoms with Crippen molar-refractivity contribution in [3.8, 4) is 5.69 Å². The SMILES string of the molecule is C=CCn1c(C)nnc1SCc1nnnn1-c1ccccc1. The molecule has 0 fully saturated rings. The van der Waals surface area contributed by atoms with E-state index in [4.69, 9.17) is 0 Å². The van der Waals surface area contributed by atoms with Crippen LogP contribution in [-0.2, 0) is 12.3 Å². The van der Waals surface area contributed by atoms with Crippen molar-refractivity contribution < 1.29 is 0 Å². The Morgan fingerprint density at radius 1 is 1.18 bits per heavy atom. The van der Waals surface area contributed by atoms with Gasteiger partial charge in [-0.2, -0.15) is 4.68 Å². The summed E-state index contributed by atoms with van der Waals surface area (Å²) in [5, 5.41) is 21.0. The molecule has 7 nitrogen and oxygen atoms in total. The predicted octanol–water partition coefficient (Wildman–Crippen LogP) is 2.04. The Morgan fingerprint density at radius 2 is 2.00 bits per heavy atom. The number of allylic oxidation sites excluding steroid dienone is 1. The van der Waals surface area contributed by atoms with E-state index in [1.165, 1.54) is 0 Å². The first-order chi connectivity index (χ1) is 10.8. The fraction of sp³-hybridized carbons (Fsp3) is 0.214. The number of hydrogen-bond acceptors (Lipinski definition) is 6. The molecule has 3 rings (SSSR count). The van der Waals surface area contributed by atoms with Crippen molar-refractivity contribution in [3.63, 3.8) is 0 Å².